The van der Waals surface area contributed by atoms with Crippen molar-refractivity contribution in [2.24, 2.45) is 0 Å². The highest BCUT2D eigenvalue weighted by Gasteiger charge is 2.18. The molecule has 0 saturated carbocycles. The number of carbonyl (C=O) groups is 2. The Labute approximate surface area is 161 Å². The summed E-state index contributed by atoms with van der Waals surface area (Å²) in [7, 11) is 0. The van der Waals surface area contributed by atoms with Crippen molar-refractivity contribution in [3.63, 3.8) is 0 Å². The average molecular weight is 388 g/mol. The summed E-state index contributed by atoms with van der Waals surface area (Å²) in [6.07, 6.45) is 0.697. The molecule has 0 bridgehead atoms. The predicted molar refractivity (Wildman–Crippen MR) is 103 cm³/mol. The summed E-state index contributed by atoms with van der Waals surface area (Å²) in [5.74, 6) is -1.11. The number of amides is 2. The van der Waals surface area contributed by atoms with Gasteiger partial charge in [0.2, 0.25) is 0 Å². The third-order valence-electron chi connectivity index (χ3n) is 4.60. The number of ketones is 1. The summed E-state index contributed by atoms with van der Waals surface area (Å²) in [6, 6.07) is 8.09. The van der Waals surface area contributed by atoms with E-state index in [1.807, 2.05) is 0 Å². The minimum absolute atomic E-state index is 0.0311. The minimum Gasteiger partial charge on any atom is -0.396 e. The van der Waals surface area contributed by atoms with E-state index in [2.05, 4.69) is 10.6 Å². The van der Waals surface area contributed by atoms with E-state index < -0.39 is 11.6 Å². The van der Waals surface area contributed by atoms with Gasteiger partial charge in [-0.1, -0.05) is 6.07 Å². The van der Waals surface area contributed by atoms with Gasteiger partial charge in [0.15, 0.2) is 5.78 Å². The summed E-state index contributed by atoms with van der Waals surface area (Å²) in [4.78, 5) is 26.5. The molecule has 0 unspecified atom stereocenters. The summed E-state index contributed by atoms with van der Waals surface area (Å²) in [6.45, 7) is 1.45. The second kappa shape index (κ2) is 8.69. The van der Waals surface area contributed by atoms with Gasteiger partial charge in [0.05, 0.1) is 5.69 Å². The van der Waals surface area contributed by atoms with Gasteiger partial charge < -0.3 is 21.3 Å². The topological polar surface area (TPSA) is 87.5 Å². The van der Waals surface area contributed by atoms with Crippen molar-refractivity contribution in [1.82, 2.24) is 10.2 Å². The van der Waals surface area contributed by atoms with Gasteiger partial charge in [0.1, 0.15) is 11.6 Å². The Morgan fingerprint density at radius 3 is 2.79 bits per heavy atom. The Morgan fingerprint density at radius 1 is 1.18 bits per heavy atom. The number of nitrogen functional groups attached to an aromatic ring is 1. The number of Topliss-reactive ketones (excluding diaryl/α,β-unsaturated/α-hetero) is 1. The van der Waals surface area contributed by atoms with Crippen LogP contribution in [0.2, 0.25) is 0 Å². The molecular formula is C20H22F2N4O2. The molecule has 4 N–H and O–H groups in total. The van der Waals surface area contributed by atoms with Crippen molar-refractivity contribution >= 4 is 23.2 Å². The number of nitrogens with two attached hydrogens (primary N) is 1. The van der Waals surface area contributed by atoms with Gasteiger partial charge in [-0.15, -0.1) is 0 Å². The molecule has 3 rings (SSSR count). The SMILES string of the molecule is Nc1cc(CNC(=O)N2CCCC(=O)c3cc(F)ccc3NCC2)ccc1F. The van der Waals surface area contributed by atoms with E-state index in [-0.39, 0.29) is 30.5 Å². The number of benzene rings is 2. The normalized spacial score (nSPS) is 14.8. The standard InChI is InChI=1S/C20H22F2N4O2/c21-14-4-6-18-15(11-14)19(27)2-1-8-26(9-7-24-18)20(28)25-12-13-3-5-16(22)17(23)10-13/h3-6,10-11,24H,1-2,7-9,12,23H2,(H,25,28). The fourth-order valence-electron chi connectivity index (χ4n) is 3.10. The molecule has 0 radical (unpaired) electrons. The van der Waals surface area contributed by atoms with E-state index in [0.717, 1.165) is 0 Å². The van der Waals surface area contributed by atoms with Gasteiger partial charge in [0.25, 0.3) is 0 Å². The quantitative estimate of drug-likeness (QED) is 0.690. The maximum atomic E-state index is 13.5. The molecule has 1 aliphatic rings. The lowest BCUT2D eigenvalue weighted by Crippen LogP contribution is -2.43. The van der Waals surface area contributed by atoms with Crippen LogP contribution in [0.5, 0.6) is 0 Å². The van der Waals surface area contributed by atoms with Crippen LogP contribution in [0, 0.1) is 11.6 Å². The number of halogens is 2. The zero-order valence-electron chi connectivity index (χ0n) is 15.3. The molecule has 0 saturated heterocycles. The lowest BCUT2D eigenvalue weighted by molar-refractivity contribution is 0.0975. The van der Waals surface area contributed by atoms with Gasteiger partial charge in [-0.05, 0) is 42.3 Å². The van der Waals surface area contributed by atoms with Gasteiger partial charge in [-0.3, -0.25) is 4.79 Å². The largest absolute Gasteiger partial charge is 0.396 e. The molecular weight excluding hydrogens is 366 g/mol. The first-order valence-corrected chi connectivity index (χ1v) is 9.07. The Balaban J connectivity index is 1.62. The number of fused-ring (bicyclic) bond motifs is 1. The maximum Gasteiger partial charge on any atom is 0.317 e. The van der Waals surface area contributed by atoms with E-state index in [9.17, 15) is 18.4 Å². The van der Waals surface area contributed by atoms with Gasteiger partial charge in [-0.25, -0.2) is 13.6 Å². The molecule has 2 aromatic carbocycles. The van der Waals surface area contributed by atoms with E-state index in [4.69, 9.17) is 5.73 Å². The summed E-state index contributed by atoms with van der Waals surface area (Å²) >= 11 is 0. The average Bonchev–Trinajstić information content (AvgIpc) is 2.68. The third-order valence-corrected chi connectivity index (χ3v) is 4.60. The predicted octanol–water partition coefficient (Wildman–Crippen LogP) is 3.15. The van der Waals surface area contributed by atoms with Crippen molar-refractivity contribution < 1.29 is 18.4 Å². The summed E-state index contributed by atoms with van der Waals surface area (Å²) in [5.41, 5.74) is 7.17. The lowest BCUT2D eigenvalue weighted by atomic mass is 10.0. The Morgan fingerprint density at radius 2 is 2.00 bits per heavy atom. The van der Waals surface area contributed by atoms with Crippen molar-refractivity contribution in [1.29, 1.82) is 0 Å². The van der Waals surface area contributed by atoms with Crippen LogP contribution in [-0.4, -0.2) is 36.3 Å². The van der Waals surface area contributed by atoms with Crippen LogP contribution in [0.4, 0.5) is 25.0 Å². The zero-order chi connectivity index (χ0) is 20.1. The number of nitrogens with one attached hydrogen (secondary N) is 2. The van der Waals surface area contributed by atoms with Gasteiger partial charge in [-0.2, -0.15) is 0 Å². The number of carbonyl (C=O) groups excluding carboxylic acids is 2. The van der Waals surface area contributed by atoms with Crippen LogP contribution in [-0.2, 0) is 6.54 Å². The number of urea groups is 1. The highest BCUT2D eigenvalue weighted by atomic mass is 19.1. The van der Waals surface area contributed by atoms with Crippen molar-refractivity contribution in [3.8, 4) is 0 Å². The third kappa shape index (κ3) is 4.76. The van der Waals surface area contributed by atoms with E-state index in [1.165, 1.54) is 30.3 Å². The number of rotatable bonds is 2. The smallest absolute Gasteiger partial charge is 0.317 e. The molecule has 0 aliphatic carbocycles. The summed E-state index contributed by atoms with van der Waals surface area (Å²) in [5, 5.41) is 5.88. The second-order valence-electron chi connectivity index (χ2n) is 6.65. The lowest BCUT2D eigenvalue weighted by Gasteiger charge is -2.25. The molecule has 2 aromatic rings. The molecule has 1 aliphatic heterocycles. The van der Waals surface area contributed by atoms with Crippen LogP contribution in [0.25, 0.3) is 0 Å². The Hall–Kier alpha value is -3.16. The first-order valence-electron chi connectivity index (χ1n) is 9.07. The molecule has 148 valence electrons. The van der Waals surface area contributed by atoms with Crippen LogP contribution in [0.1, 0.15) is 28.8 Å². The number of anilines is 2. The fraction of sp³-hybridized carbons (Fsp3) is 0.300. The van der Waals surface area contributed by atoms with Crippen molar-refractivity contribution in [2.75, 3.05) is 30.7 Å². The van der Waals surface area contributed by atoms with Crippen LogP contribution < -0.4 is 16.4 Å². The minimum atomic E-state index is -0.498. The van der Waals surface area contributed by atoms with E-state index in [0.29, 0.717) is 42.9 Å². The van der Waals surface area contributed by atoms with Gasteiger partial charge in [0, 0.05) is 43.9 Å². The maximum absolute atomic E-state index is 13.5. The van der Waals surface area contributed by atoms with Gasteiger partial charge >= 0.3 is 6.03 Å². The number of hydrogen-bond donors (Lipinski definition) is 3. The molecule has 1 heterocycles. The number of nitrogens with zero attached hydrogens (tertiary/aromatic N) is 1. The first-order chi connectivity index (χ1) is 13.4. The van der Waals surface area contributed by atoms with Crippen LogP contribution in [0.3, 0.4) is 0 Å². The van der Waals surface area contributed by atoms with Crippen molar-refractivity contribution in [2.45, 2.75) is 19.4 Å². The molecule has 0 spiro atoms. The molecule has 0 aromatic heterocycles. The molecule has 6 nitrogen and oxygen atoms in total. The highest BCUT2D eigenvalue weighted by molar-refractivity contribution is 6.01. The zero-order valence-corrected chi connectivity index (χ0v) is 15.3. The molecule has 2 amide bonds. The van der Waals surface area contributed by atoms with Crippen molar-refractivity contribution in [3.05, 3.63) is 59.2 Å². The molecule has 0 fully saturated rings. The van der Waals surface area contributed by atoms with E-state index >= 15 is 0 Å². The fourth-order valence-corrected chi connectivity index (χ4v) is 3.10. The van der Waals surface area contributed by atoms with Crippen LogP contribution >= 0.6 is 0 Å². The van der Waals surface area contributed by atoms with E-state index in [1.54, 1.807) is 11.0 Å². The molecule has 8 heteroatoms. The summed E-state index contributed by atoms with van der Waals surface area (Å²) < 4.78 is 26.7. The molecule has 28 heavy (non-hydrogen) atoms. The second-order valence-corrected chi connectivity index (χ2v) is 6.65. The Kier molecular flexibility index (Phi) is 6.08. The number of hydrogen-bond acceptors (Lipinski definition) is 4. The first kappa shape index (κ1) is 19.6. The molecule has 0 atom stereocenters. The van der Waals surface area contributed by atoms with Crippen LogP contribution in [0.15, 0.2) is 36.4 Å². The monoisotopic (exact) mass is 388 g/mol. The Bertz CT molecular complexity index is 889. The highest BCUT2D eigenvalue weighted by Crippen LogP contribution is 2.20.